The van der Waals surface area contributed by atoms with Gasteiger partial charge in [-0.1, -0.05) is 43.7 Å². The Labute approximate surface area is 165 Å². The quantitative estimate of drug-likeness (QED) is 0.720. The van der Waals surface area contributed by atoms with E-state index in [1.54, 1.807) is 18.2 Å². The normalized spacial score (nSPS) is 14.5. The first-order valence-corrected chi connectivity index (χ1v) is 9.58. The molecule has 0 aromatic heterocycles. The van der Waals surface area contributed by atoms with Crippen LogP contribution in [0.3, 0.4) is 0 Å². The molecule has 0 spiro atoms. The fourth-order valence-electron chi connectivity index (χ4n) is 3.38. The maximum Gasteiger partial charge on any atom is 0.269 e. The number of hydrogen-bond acceptors (Lipinski definition) is 4. The molecule has 6 nitrogen and oxygen atoms in total. The second-order valence-corrected chi connectivity index (χ2v) is 6.92. The van der Waals surface area contributed by atoms with Crippen LogP contribution >= 0.6 is 0 Å². The van der Waals surface area contributed by atoms with Crippen LogP contribution in [0.25, 0.3) is 0 Å². The van der Waals surface area contributed by atoms with Crippen molar-refractivity contribution in [1.29, 1.82) is 0 Å². The van der Waals surface area contributed by atoms with Crippen LogP contribution in [-0.2, 0) is 10.2 Å². The van der Waals surface area contributed by atoms with Gasteiger partial charge in [-0.2, -0.15) is 0 Å². The highest BCUT2D eigenvalue weighted by atomic mass is 16.5. The third-order valence-corrected chi connectivity index (χ3v) is 5.15. The summed E-state index contributed by atoms with van der Waals surface area (Å²) in [5.41, 5.74) is 5.91. The van der Waals surface area contributed by atoms with Crippen molar-refractivity contribution < 1.29 is 19.1 Å². The molecule has 1 fully saturated rings. The van der Waals surface area contributed by atoms with Crippen LogP contribution in [0.2, 0.25) is 0 Å². The number of amides is 2. The summed E-state index contributed by atoms with van der Waals surface area (Å²) in [6, 6.07) is 14.6. The van der Waals surface area contributed by atoms with Crippen LogP contribution in [0.15, 0.2) is 48.5 Å². The van der Waals surface area contributed by atoms with Crippen molar-refractivity contribution in [2.45, 2.75) is 38.0 Å². The van der Waals surface area contributed by atoms with Gasteiger partial charge >= 0.3 is 0 Å². The Kier molecular flexibility index (Phi) is 6.19. The topological polar surface area (TPSA) is 76.7 Å². The molecule has 2 aromatic carbocycles. The molecular formula is C22H26N2O4. The minimum absolute atomic E-state index is 0.187. The van der Waals surface area contributed by atoms with Crippen molar-refractivity contribution in [2.75, 3.05) is 13.7 Å². The summed E-state index contributed by atoms with van der Waals surface area (Å²) in [6.07, 6.45) is 3.42. The van der Waals surface area contributed by atoms with Crippen molar-refractivity contribution in [2.24, 2.45) is 0 Å². The summed E-state index contributed by atoms with van der Waals surface area (Å²) in [7, 11) is 1.53. The van der Waals surface area contributed by atoms with Crippen LogP contribution < -0.4 is 20.3 Å². The first-order chi connectivity index (χ1) is 13.6. The summed E-state index contributed by atoms with van der Waals surface area (Å²) in [6.45, 7) is 2.58. The molecular weight excluding hydrogens is 356 g/mol. The van der Waals surface area contributed by atoms with Gasteiger partial charge in [-0.3, -0.25) is 20.4 Å². The Morgan fingerprint density at radius 1 is 1.04 bits per heavy atom. The molecule has 0 atom stereocenters. The molecule has 2 N–H and O–H groups in total. The summed E-state index contributed by atoms with van der Waals surface area (Å²) in [5, 5.41) is 0. The van der Waals surface area contributed by atoms with Crippen LogP contribution in [-0.4, -0.2) is 25.5 Å². The van der Waals surface area contributed by atoms with Gasteiger partial charge < -0.3 is 9.47 Å². The first kappa shape index (κ1) is 19.7. The van der Waals surface area contributed by atoms with E-state index in [-0.39, 0.29) is 5.91 Å². The Balaban J connectivity index is 1.66. The predicted octanol–water partition coefficient (Wildman–Crippen LogP) is 3.37. The fourth-order valence-corrected chi connectivity index (χ4v) is 3.38. The molecule has 148 valence electrons. The SMILES string of the molecule is CCCOc1ccc(C(=O)NNC(=O)C2(c3ccccc3)CCC2)cc1OC. The zero-order valence-corrected chi connectivity index (χ0v) is 16.3. The van der Waals surface area contributed by atoms with Crippen molar-refractivity contribution in [3.63, 3.8) is 0 Å². The van der Waals surface area contributed by atoms with Gasteiger partial charge in [0.2, 0.25) is 5.91 Å². The monoisotopic (exact) mass is 382 g/mol. The Morgan fingerprint density at radius 3 is 2.39 bits per heavy atom. The van der Waals surface area contributed by atoms with Gasteiger partial charge in [-0.15, -0.1) is 0 Å². The third kappa shape index (κ3) is 3.96. The number of hydrazine groups is 1. The molecule has 1 aliphatic carbocycles. The summed E-state index contributed by atoms with van der Waals surface area (Å²) in [5.74, 6) is 0.471. The molecule has 2 aromatic rings. The molecule has 0 heterocycles. The van der Waals surface area contributed by atoms with E-state index < -0.39 is 11.3 Å². The highest BCUT2D eigenvalue weighted by molar-refractivity contribution is 5.97. The minimum atomic E-state index is -0.565. The van der Waals surface area contributed by atoms with Gasteiger partial charge in [0.15, 0.2) is 11.5 Å². The van der Waals surface area contributed by atoms with Crippen LogP contribution in [0, 0.1) is 0 Å². The van der Waals surface area contributed by atoms with Crippen molar-refractivity contribution in [3.05, 3.63) is 59.7 Å². The number of hydrogen-bond donors (Lipinski definition) is 2. The fraction of sp³-hybridized carbons (Fsp3) is 0.364. The van der Waals surface area contributed by atoms with E-state index in [0.29, 0.717) is 23.7 Å². The van der Waals surface area contributed by atoms with Gasteiger partial charge in [0.05, 0.1) is 19.1 Å². The lowest BCUT2D eigenvalue weighted by Gasteiger charge is -2.40. The van der Waals surface area contributed by atoms with Gasteiger partial charge in [-0.05, 0) is 43.0 Å². The average Bonchev–Trinajstić information content (AvgIpc) is 2.70. The van der Waals surface area contributed by atoms with E-state index in [1.165, 1.54) is 7.11 Å². The predicted molar refractivity (Wildman–Crippen MR) is 106 cm³/mol. The van der Waals surface area contributed by atoms with E-state index in [2.05, 4.69) is 10.9 Å². The van der Waals surface area contributed by atoms with Gasteiger partial charge in [-0.25, -0.2) is 0 Å². The number of rotatable bonds is 7. The smallest absolute Gasteiger partial charge is 0.269 e. The average molecular weight is 382 g/mol. The van der Waals surface area contributed by atoms with E-state index >= 15 is 0 Å². The van der Waals surface area contributed by atoms with E-state index in [1.807, 2.05) is 37.3 Å². The van der Waals surface area contributed by atoms with Crippen molar-refractivity contribution in [1.82, 2.24) is 10.9 Å². The number of carbonyl (C=O) groups is 2. The first-order valence-electron chi connectivity index (χ1n) is 9.58. The summed E-state index contributed by atoms with van der Waals surface area (Å²) >= 11 is 0. The Hall–Kier alpha value is -3.02. The van der Waals surface area contributed by atoms with Crippen molar-refractivity contribution >= 4 is 11.8 Å². The molecule has 1 aliphatic rings. The van der Waals surface area contributed by atoms with Gasteiger partial charge in [0.25, 0.3) is 5.91 Å². The van der Waals surface area contributed by atoms with E-state index in [9.17, 15) is 9.59 Å². The lowest BCUT2D eigenvalue weighted by Crippen LogP contribution is -2.54. The van der Waals surface area contributed by atoms with E-state index in [0.717, 1.165) is 31.2 Å². The molecule has 28 heavy (non-hydrogen) atoms. The summed E-state index contributed by atoms with van der Waals surface area (Å²) < 4.78 is 10.9. The molecule has 0 bridgehead atoms. The van der Waals surface area contributed by atoms with Crippen LogP contribution in [0.1, 0.15) is 48.5 Å². The molecule has 0 radical (unpaired) electrons. The number of benzene rings is 2. The van der Waals surface area contributed by atoms with Gasteiger partial charge in [0.1, 0.15) is 0 Å². The van der Waals surface area contributed by atoms with Crippen LogP contribution in [0.5, 0.6) is 11.5 Å². The van der Waals surface area contributed by atoms with Gasteiger partial charge in [0, 0.05) is 5.56 Å². The molecule has 0 unspecified atom stereocenters. The highest BCUT2D eigenvalue weighted by Crippen LogP contribution is 2.43. The third-order valence-electron chi connectivity index (χ3n) is 5.15. The lowest BCUT2D eigenvalue weighted by molar-refractivity contribution is -0.130. The zero-order chi connectivity index (χ0) is 20.0. The molecule has 1 saturated carbocycles. The molecule has 6 heteroatoms. The number of carbonyl (C=O) groups excluding carboxylic acids is 2. The number of ether oxygens (including phenoxy) is 2. The van der Waals surface area contributed by atoms with Crippen LogP contribution in [0.4, 0.5) is 0 Å². The van der Waals surface area contributed by atoms with E-state index in [4.69, 9.17) is 9.47 Å². The molecule has 0 aliphatic heterocycles. The molecule has 0 saturated heterocycles. The maximum absolute atomic E-state index is 12.8. The molecule has 3 rings (SSSR count). The summed E-state index contributed by atoms with van der Waals surface area (Å²) in [4.78, 5) is 25.3. The minimum Gasteiger partial charge on any atom is -0.493 e. The second-order valence-electron chi connectivity index (χ2n) is 6.92. The lowest BCUT2D eigenvalue weighted by atomic mass is 9.64. The number of methoxy groups -OCH3 is 1. The largest absolute Gasteiger partial charge is 0.493 e. The molecule has 2 amide bonds. The van der Waals surface area contributed by atoms with Crippen molar-refractivity contribution in [3.8, 4) is 11.5 Å². The standard InChI is InChI=1S/C22H26N2O4/c1-3-14-28-18-11-10-16(15-19(18)27-2)20(25)23-24-21(26)22(12-7-13-22)17-8-5-4-6-9-17/h4-6,8-11,15H,3,7,12-14H2,1-2H3,(H,23,25)(H,24,26). The second kappa shape index (κ2) is 8.78. The Morgan fingerprint density at radius 2 is 1.79 bits per heavy atom. The highest BCUT2D eigenvalue weighted by Gasteiger charge is 2.45. The number of nitrogens with one attached hydrogen (secondary N) is 2. The zero-order valence-electron chi connectivity index (χ0n) is 16.3. The Bertz CT molecular complexity index is 832. The maximum atomic E-state index is 12.8.